The van der Waals surface area contributed by atoms with Crippen LogP contribution in [-0.2, 0) is 23.9 Å². The van der Waals surface area contributed by atoms with Gasteiger partial charge >= 0.3 is 11.9 Å². The summed E-state index contributed by atoms with van der Waals surface area (Å²) in [6.07, 6.45) is 2.34. The Labute approximate surface area is 118 Å². The third kappa shape index (κ3) is 3.69. The van der Waals surface area contributed by atoms with Crippen molar-refractivity contribution in [1.29, 1.82) is 0 Å². The number of ether oxygens (including phenoxy) is 2. The van der Waals surface area contributed by atoms with Crippen molar-refractivity contribution in [2.45, 2.75) is 32.2 Å². The summed E-state index contributed by atoms with van der Waals surface area (Å²) in [5.41, 5.74) is -1.78. The van der Waals surface area contributed by atoms with E-state index in [0.29, 0.717) is 6.41 Å². The molecule has 1 N–H and O–H groups in total. The van der Waals surface area contributed by atoms with Gasteiger partial charge in [0.05, 0.1) is 13.2 Å². The van der Waals surface area contributed by atoms with Crippen molar-refractivity contribution in [1.82, 2.24) is 10.2 Å². The molecule has 0 radical (unpaired) electrons. The lowest BCUT2D eigenvalue weighted by atomic mass is 9.99. The molecule has 1 heterocycles. The fourth-order valence-corrected chi connectivity index (χ4v) is 2.26. The number of amides is 1. The molecule has 114 valence electrons. The maximum absolute atomic E-state index is 12.2. The lowest BCUT2D eigenvalue weighted by molar-refractivity contribution is -0.168. The van der Waals surface area contributed by atoms with Crippen molar-refractivity contribution < 1.29 is 23.9 Å². The van der Waals surface area contributed by atoms with Gasteiger partial charge in [-0.15, -0.1) is 0 Å². The van der Waals surface area contributed by atoms with Crippen molar-refractivity contribution in [3.05, 3.63) is 0 Å². The van der Waals surface area contributed by atoms with E-state index in [-0.39, 0.29) is 19.8 Å². The topological polar surface area (TPSA) is 84.9 Å². The van der Waals surface area contributed by atoms with Crippen LogP contribution in [0.5, 0.6) is 0 Å². The number of nitrogens with one attached hydrogen (secondary N) is 1. The Bertz CT molecular complexity index is 335. The molecule has 1 saturated heterocycles. The van der Waals surface area contributed by atoms with Gasteiger partial charge in [0.2, 0.25) is 11.9 Å². The lowest BCUT2D eigenvalue weighted by Crippen LogP contribution is -2.64. The first-order valence-corrected chi connectivity index (χ1v) is 6.88. The molecule has 1 aliphatic heterocycles. The quantitative estimate of drug-likeness (QED) is 0.374. The molecule has 7 heteroatoms. The predicted octanol–water partition coefficient (Wildman–Crippen LogP) is -0.307. The Hall–Kier alpha value is -1.63. The number of likely N-dealkylation sites (tertiary alicyclic amines) is 1. The van der Waals surface area contributed by atoms with Gasteiger partial charge < -0.3 is 14.8 Å². The van der Waals surface area contributed by atoms with Crippen LogP contribution in [0.15, 0.2) is 0 Å². The zero-order chi connectivity index (χ0) is 15.0. The second-order valence-corrected chi connectivity index (χ2v) is 4.59. The zero-order valence-corrected chi connectivity index (χ0v) is 12.0. The molecule has 1 amide bonds. The summed E-state index contributed by atoms with van der Waals surface area (Å²) >= 11 is 0. The molecule has 20 heavy (non-hydrogen) atoms. The Balaban J connectivity index is 2.99. The Morgan fingerprint density at radius 2 is 1.65 bits per heavy atom. The van der Waals surface area contributed by atoms with Crippen molar-refractivity contribution in [3.63, 3.8) is 0 Å². The third-order valence-corrected chi connectivity index (χ3v) is 3.21. The van der Waals surface area contributed by atoms with Gasteiger partial charge in [0.25, 0.3) is 0 Å². The number of nitrogens with zero attached hydrogens (tertiary/aromatic N) is 1. The molecule has 0 aromatic heterocycles. The van der Waals surface area contributed by atoms with Gasteiger partial charge in [-0.1, -0.05) is 0 Å². The minimum absolute atomic E-state index is 0.0728. The number of carbonyl (C=O) groups excluding carboxylic acids is 3. The normalized spacial score (nSPS) is 15.7. The maximum atomic E-state index is 12.2. The molecule has 0 saturated carbocycles. The third-order valence-electron chi connectivity index (χ3n) is 3.21. The van der Waals surface area contributed by atoms with E-state index in [1.807, 2.05) is 4.90 Å². The second-order valence-electron chi connectivity index (χ2n) is 4.59. The van der Waals surface area contributed by atoms with E-state index in [0.717, 1.165) is 25.9 Å². The van der Waals surface area contributed by atoms with Crippen molar-refractivity contribution in [3.8, 4) is 0 Å². The molecule has 1 rings (SSSR count). The van der Waals surface area contributed by atoms with Gasteiger partial charge in [0.15, 0.2) is 0 Å². The van der Waals surface area contributed by atoms with E-state index in [2.05, 4.69) is 5.32 Å². The highest BCUT2D eigenvalue weighted by atomic mass is 16.6. The summed E-state index contributed by atoms with van der Waals surface area (Å²) < 4.78 is 9.90. The lowest BCUT2D eigenvalue weighted by Gasteiger charge is -2.32. The van der Waals surface area contributed by atoms with Crippen LogP contribution < -0.4 is 5.32 Å². The highest BCUT2D eigenvalue weighted by Crippen LogP contribution is 2.17. The van der Waals surface area contributed by atoms with Gasteiger partial charge in [-0.2, -0.15) is 0 Å². The first-order chi connectivity index (χ1) is 9.60. The minimum atomic E-state index is -1.78. The van der Waals surface area contributed by atoms with Gasteiger partial charge in [0, 0.05) is 6.54 Å². The fourth-order valence-electron chi connectivity index (χ4n) is 2.26. The molecule has 0 aliphatic carbocycles. The molecule has 0 aromatic rings. The predicted molar refractivity (Wildman–Crippen MR) is 70.9 cm³/mol. The van der Waals surface area contributed by atoms with Crippen LogP contribution >= 0.6 is 0 Å². The highest BCUT2D eigenvalue weighted by Gasteiger charge is 2.50. The second kappa shape index (κ2) is 7.84. The van der Waals surface area contributed by atoms with Crippen molar-refractivity contribution in [2.24, 2.45) is 0 Å². The van der Waals surface area contributed by atoms with Crippen LogP contribution in [0, 0.1) is 0 Å². The molecular weight excluding hydrogens is 264 g/mol. The van der Waals surface area contributed by atoms with Crippen LogP contribution in [0.1, 0.15) is 26.7 Å². The van der Waals surface area contributed by atoms with Gasteiger partial charge in [-0.3, -0.25) is 9.69 Å². The summed E-state index contributed by atoms with van der Waals surface area (Å²) in [5, 5.41) is 2.32. The molecule has 0 aromatic carbocycles. The summed E-state index contributed by atoms with van der Waals surface area (Å²) in [5.74, 6) is -1.56. The number of esters is 2. The standard InChI is InChI=1S/C13H22N2O5/c1-3-19-11(17)13(14-10-16,12(18)20-4-2)9-15-7-5-6-8-15/h10H,3-9H2,1-2H3,(H,14,16). The largest absolute Gasteiger partial charge is 0.464 e. The SMILES string of the molecule is CCOC(=O)C(CN1CCCC1)(NC=O)C(=O)OCC. The van der Waals surface area contributed by atoms with E-state index < -0.39 is 17.5 Å². The van der Waals surface area contributed by atoms with E-state index >= 15 is 0 Å². The molecule has 0 spiro atoms. The van der Waals surface area contributed by atoms with E-state index in [1.165, 1.54) is 0 Å². The molecule has 0 unspecified atom stereocenters. The molecular formula is C13H22N2O5. The molecule has 1 aliphatic rings. The van der Waals surface area contributed by atoms with Crippen LogP contribution in [0.4, 0.5) is 0 Å². The monoisotopic (exact) mass is 286 g/mol. The van der Waals surface area contributed by atoms with Crippen molar-refractivity contribution in [2.75, 3.05) is 32.8 Å². The van der Waals surface area contributed by atoms with Crippen LogP contribution in [0.3, 0.4) is 0 Å². The molecule has 7 nitrogen and oxygen atoms in total. The summed E-state index contributed by atoms with van der Waals surface area (Å²) in [7, 11) is 0. The summed E-state index contributed by atoms with van der Waals surface area (Å²) in [6.45, 7) is 5.17. The average Bonchev–Trinajstić information content (AvgIpc) is 2.91. The first kappa shape index (κ1) is 16.4. The number of rotatable bonds is 8. The van der Waals surface area contributed by atoms with Crippen LogP contribution in [0.2, 0.25) is 0 Å². The molecule has 0 bridgehead atoms. The van der Waals surface area contributed by atoms with E-state index in [1.54, 1.807) is 13.8 Å². The van der Waals surface area contributed by atoms with E-state index in [9.17, 15) is 14.4 Å². The smallest absolute Gasteiger partial charge is 0.345 e. The molecule has 0 atom stereocenters. The zero-order valence-electron chi connectivity index (χ0n) is 12.0. The van der Waals surface area contributed by atoms with Crippen molar-refractivity contribution >= 4 is 18.3 Å². The Kier molecular flexibility index (Phi) is 6.44. The highest BCUT2D eigenvalue weighted by molar-refractivity contribution is 6.06. The van der Waals surface area contributed by atoms with Gasteiger partial charge in [0.1, 0.15) is 0 Å². The van der Waals surface area contributed by atoms with Crippen LogP contribution in [-0.4, -0.2) is 61.6 Å². The summed E-state index contributed by atoms with van der Waals surface area (Å²) in [4.78, 5) is 37.2. The summed E-state index contributed by atoms with van der Waals surface area (Å²) in [6, 6.07) is 0. The van der Waals surface area contributed by atoms with Gasteiger partial charge in [-0.05, 0) is 39.8 Å². The van der Waals surface area contributed by atoms with Crippen LogP contribution in [0.25, 0.3) is 0 Å². The number of hydrogen-bond donors (Lipinski definition) is 1. The minimum Gasteiger partial charge on any atom is -0.464 e. The van der Waals surface area contributed by atoms with Gasteiger partial charge in [-0.25, -0.2) is 9.59 Å². The average molecular weight is 286 g/mol. The number of hydrogen-bond acceptors (Lipinski definition) is 6. The maximum Gasteiger partial charge on any atom is 0.345 e. The fraction of sp³-hybridized carbons (Fsp3) is 0.769. The molecule has 1 fully saturated rings. The Morgan fingerprint density at radius 1 is 1.15 bits per heavy atom. The number of carbonyl (C=O) groups is 3. The van der Waals surface area contributed by atoms with E-state index in [4.69, 9.17) is 9.47 Å². The first-order valence-electron chi connectivity index (χ1n) is 6.88. The Morgan fingerprint density at radius 3 is 2.05 bits per heavy atom.